The molecule has 1 aliphatic rings. The number of aliphatic hydroxyl groups excluding tert-OH is 1. The second-order valence-corrected chi connectivity index (χ2v) is 2.09. The molecular formula is C8H8O3. The second kappa shape index (κ2) is 3.19. The topological polar surface area (TPSA) is 46.5 Å². The van der Waals surface area contributed by atoms with Crippen LogP contribution in [0.4, 0.5) is 0 Å². The molecule has 1 rings (SSSR count). The number of hydrogen-bond acceptors (Lipinski definition) is 3. The first kappa shape index (κ1) is 7.79. The Hall–Kier alpha value is -1.31. The molecule has 1 N–H and O–H groups in total. The van der Waals surface area contributed by atoms with Crippen LogP contribution in [-0.2, 0) is 9.53 Å². The molecule has 1 unspecified atom stereocenters. The molecule has 58 valence electrons. The normalized spacial score (nSPS) is 22.2. The zero-order valence-electron chi connectivity index (χ0n) is 6.07. The number of hydrogen-bond donors (Lipinski definition) is 1. The van der Waals surface area contributed by atoms with E-state index in [-0.39, 0.29) is 0 Å². The summed E-state index contributed by atoms with van der Waals surface area (Å²) in [5.74, 6) is 0.456. The van der Waals surface area contributed by atoms with E-state index in [4.69, 9.17) is 9.84 Å². The van der Waals surface area contributed by atoms with Crippen LogP contribution in [0.3, 0.4) is 0 Å². The maximum Gasteiger partial charge on any atom is 0.162 e. The van der Waals surface area contributed by atoms with E-state index in [1.54, 1.807) is 0 Å². The minimum Gasteiger partial charge on any atom is -0.489 e. The number of methoxy groups -OCH3 is 1. The van der Waals surface area contributed by atoms with Crippen LogP contribution in [0, 0.1) is 0 Å². The number of carbonyl (C=O) groups is 1. The van der Waals surface area contributed by atoms with Gasteiger partial charge in [0.1, 0.15) is 12.4 Å². The fourth-order valence-corrected chi connectivity index (χ4v) is 0.757. The maximum atomic E-state index is 10.3. The molecule has 0 aromatic rings. The van der Waals surface area contributed by atoms with Crippen LogP contribution in [0.1, 0.15) is 0 Å². The lowest BCUT2D eigenvalue weighted by atomic mass is 10.1. The van der Waals surface area contributed by atoms with Crippen molar-refractivity contribution < 1.29 is 14.6 Å². The highest BCUT2D eigenvalue weighted by molar-refractivity contribution is 5.76. The summed E-state index contributed by atoms with van der Waals surface area (Å²) >= 11 is 0. The number of ether oxygens (including phenoxy) is 1. The highest BCUT2D eigenvalue weighted by Gasteiger charge is 2.10. The highest BCUT2D eigenvalue weighted by Crippen LogP contribution is 2.10. The Morgan fingerprint density at radius 1 is 1.82 bits per heavy atom. The molecule has 0 bridgehead atoms. The van der Waals surface area contributed by atoms with E-state index >= 15 is 0 Å². The van der Waals surface area contributed by atoms with Gasteiger partial charge in [-0.15, -0.1) is 0 Å². The monoisotopic (exact) mass is 152 g/mol. The largest absolute Gasteiger partial charge is 0.489 e. The predicted molar refractivity (Wildman–Crippen MR) is 38.8 cm³/mol. The van der Waals surface area contributed by atoms with Crippen LogP contribution in [0.5, 0.6) is 0 Å². The summed E-state index contributed by atoms with van der Waals surface area (Å²) in [7, 11) is 1.48. The van der Waals surface area contributed by atoms with Gasteiger partial charge in [0, 0.05) is 5.57 Å². The quantitative estimate of drug-likeness (QED) is 0.453. The first-order valence-corrected chi connectivity index (χ1v) is 3.13. The molecular weight excluding hydrogens is 144 g/mol. The van der Waals surface area contributed by atoms with Crippen LogP contribution >= 0.6 is 0 Å². The van der Waals surface area contributed by atoms with Crippen LogP contribution in [0.15, 0.2) is 29.2 Å². The lowest BCUT2D eigenvalue weighted by Crippen LogP contribution is -2.10. The van der Waals surface area contributed by atoms with Gasteiger partial charge in [-0.2, -0.15) is 0 Å². The molecule has 0 saturated carbocycles. The Bertz CT molecular complexity index is 257. The van der Waals surface area contributed by atoms with Crippen molar-refractivity contribution in [2.75, 3.05) is 7.11 Å². The summed E-state index contributed by atoms with van der Waals surface area (Å²) in [5, 5.41) is 9.10. The van der Waals surface area contributed by atoms with Gasteiger partial charge in [0.15, 0.2) is 5.76 Å². The Morgan fingerprint density at radius 3 is 3.09 bits per heavy atom. The minimum absolute atomic E-state index is 0.292. The third-order valence-electron chi connectivity index (χ3n) is 1.38. The van der Waals surface area contributed by atoms with E-state index in [0.717, 1.165) is 0 Å². The summed E-state index contributed by atoms with van der Waals surface area (Å²) in [6, 6.07) is 0. The average molecular weight is 152 g/mol. The van der Waals surface area contributed by atoms with Gasteiger partial charge in [-0.3, -0.25) is 4.79 Å². The Balaban J connectivity index is 2.95. The summed E-state index contributed by atoms with van der Waals surface area (Å²) in [6.07, 6.45) is 2.59. The Kier molecular flexibility index (Phi) is 2.26. The Morgan fingerprint density at radius 2 is 2.55 bits per heavy atom. The van der Waals surface area contributed by atoms with Gasteiger partial charge < -0.3 is 9.84 Å². The molecule has 1 aliphatic carbocycles. The van der Waals surface area contributed by atoms with Crippen molar-refractivity contribution in [2.24, 2.45) is 0 Å². The smallest absolute Gasteiger partial charge is 0.162 e. The highest BCUT2D eigenvalue weighted by atomic mass is 16.5. The van der Waals surface area contributed by atoms with Gasteiger partial charge in [0.25, 0.3) is 0 Å². The third kappa shape index (κ3) is 1.58. The fraction of sp³-hybridized carbons (Fsp3) is 0.250. The second-order valence-electron chi connectivity index (χ2n) is 2.09. The summed E-state index contributed by atoms with van der Waals surface area (Å²) in [6.45, 7) is 0. The molecule has 3 heteroatoms. The van der Waals surface area contributed by atoms with Gasteiger partial charge >= 0.3 is 0 Å². The van der Waals surface area contributed by atoms with E-state index < -0.39 is 6.10 Å². The predicted octanol–water partition coefficient (Wildman–Crippen LogP) is 0.172. The SMILES string of the molecule is COC1=C=CC(O)C(C=O)=C1. The van der Waals surface area contributed by atoms with Crippen LogP contribution < -0.4 is 0 Å². The van der Waals surface area contributed by atoms with Crippen molar-refractivity contribution in [3.05, 3.63) is 29.2 Å². The van der Waals surface area contributed by atoms with Crippen molar-refractivity contribution in [1.29, 1.82) is 0 Å². The number of carbonyl (C=O) groups excluding carboxylic acids is 1. The van der Waals surface area contributed by atoms with Crippen molar-refractivity contribution in [2.45, 2.75) is 6.10 Å². The van der Waals surface area contributed by atoms with Crippen LogP contribution in [0.2, 0.25) is 0 Å². The first-order chi connectivity index (χ1) is 5.27. The molecule has 3 nitrogen and oxygen atoms in total. The Labute approximate surface area is 64.3 Å². The molecule has 11 heavy (non-hydrogen) atoms. The van der Waals surface area contributed by atoms with Crippen molar-refractivity contribution in [1.82, 2.24) is 0 Å². The van der Waals surface area contributed by atoms with Gasteiger partial charge in [-0.05, 0) is 12.2 Å². The molecule has 0 amide bonds. The maximum absolute atomic E-state index is 10.3. The lowest BCUT2D eigenvalue weighted by molar-refractivity contribution is -0.105. The van der Waals surface area contributed by atoms with E-state index in [0.29, 0.717) is 17.6 Å². The molecule has 0 aliphatic heterocycles. The van der Waals surface area contributed by atoms with Gasteiger partial charge in [-0.25, -0.2) is 0 Å². The molecule has 0 heterocycles. The van der Waals surface area contributed by atoms with E-state index in [1.807, 2.05) is 0 Å². The van der Waals surface area contributed by atoms with Crippen molar-refractivity contribution in [3.8, 4) is 0 Å². The van der Waals surface area contributed by atoms with Gasteiger partial charge in [0.2, 0.25) is 0 Å². The van der Waals surface area contributed by atoms with E-state index in [9.17, 15) is 4.79 Å². The summed E-state index contributed by atoms with van der Waals surface area (Å²) in [4.78, 5) is 10.3. The van der Waals surface area contributed by atoms with Gasteiger partial charge in [0.05, 0.1) is 7.11 Å². The van der Waals surface area contributed by atoms with E-state index in [2.05, 4.69) is 5.73 Å². The van der Waals surface area contributed by atoms with Crippen LogP contribution in [0.25, 0.3) is 0 Å². The third-order valence-corrected chi connectivity index (χ3v) is 1.38. The van der Waals surface area contributed by atoms with E-state index in [1.165, 1.54) is 19.3 Å². The first-order valence-electron chi connectivity index (χ1n) is 3.13. The van der Waals surface area contributed by atoms with Crippen LogP contribution in [-0.4, -0.2) is 24.6 Å². The van der Waals surface area contributed by atoms with Crippen molar-refractivity contribution >= 4 is 6.29 Å². The zero-order valence-corrected chi connectivity index (χ0v) is 6.07. The molecule has 0 aromatic carbocycles. The van der Waals surface area contributed by atoms with Crippen molar-refractivity contribution in [3.63, 3.8) is 0 Å². The zero-order chi connectivity index (χ0) is 8.27. The number of aldehydes is 1. The average Bonchev–Trinajstić information content (AvgIpc) is 2.05. The standard InChI is InChI=1S/C8H8O3/c1-11-7-2-3-8(10)6(4-7)5-9/h3-5,8,10H,1H3. The minimum atomic E-state index is -0.841. The lowest BCUT2D eigenvalue weighted by Gasteiger charge is -2.08. The molecule has 1 atom stereocenters. The molecule has 0 radical (unpaired) electrons. The molecule has 0 aromatic heterocycles. The number of rotatable bonds is 2. The summed E-state index contributed by atoms with van der Waals surface area (Å²) in [5.41, 5.74) is 2.96. The fourth-order valence-electron chi connectivity index (χ4n) is 0.757. The molecule has 0 saturated heterocycles. The summed E-state index contributed by atoms with van der Waals surface area (Å²) < 4.78 is 4.80. The molecule has 0 fully saturated rings. The number of aliphatic hydroxyl groups is 1. The molecule has 0 spiro atoms. The van der Waals surface area contributed by atoms with Gasteiger partial charge in [-0.1, -0.05) is 5.73 Å².